The molecule has 1 aliphatic rings. The summed E-state index contributed by atoms with van der Waals surface area (Å²) in [5, 5.41) is 13.4. The van der Waals surface area contributed by atoms with Crippen LogP contribution in [0.1, 0.15) is 31.2 Å². The molecule has 1 saturated heterocycles. The standard InChI is InChI=1S/C19H23NO2/c21-18-9-1-2-10-19(18)22-17-8-5-6-15(14-17)11-12-16-7-3-4-13-20-16/h1-2,5-6,8-10,14,16,20-21H,3-4,7,11-13H2. The van der Waals surface area contributed by atoms with Crippen LogP contribution in [0.4, 0.5) is 0 Å². The highest BCUT2D eigenvalue weighted by atomic mass is 16.5. The van der Waals surface area contributed by atoms with E-state index in [9.17, 15) is 5.11 Å². The molecule has 2 aromatic rings. The van der Waals surface area contributed by atoms with Crippen molar-refractivity contribution in [3.05, 3.63) is 54.1 Å². The van der Waals surface area contributed by atoms with Crippen LogP contribution >= 0.6 is 0 Å². The number of aromatic hydroxyl groups is 1. The summed E-state index contributed by atoms with van der Waals surface area (Å²) in [5.74, 6) is 1.43. The molecule has 1 aliphatic heterocycles. The fourth-order valence-corrected chi connectivity index (χ4v) is 2.95. The van der Waals surface area contributed by atoms with Gasteiger partial charge in [0.25, 0.3) is 0 Å². The molecule has 0 aromatic heterocycles. The molecule has 1 heterocycles. The van der Waals surface area contributed by atoms with Gasteiger partial charge in [-0.25, -0.2) is 0 Å². The Bertz CT molecular complexity index is 606. The summed E-state index contributed by atoms with van der Waals surface area (Å²) >= 11 is 0. The number of ether oxygens (including phenoxy) is 1. The molecule has 0 spiro atoms. The Morgan fingerprint density at radius 3 is 2.82 bits per heavy atom. The monoisotopic (exact) mass is 297 g/mol. The Hall–Kier alpha value is -2.00. The number of hydrogen-bond acceptors (Lipinski definition) is 3. The van der Waals surface area contributed by atoms with Gasteiger partial charge in [0.05, 0.1) is 0 Å². The average molecular weight is 297 g/mol. The van der Waals surface area contributed by atoms with E-state index in [1.807, 2.05) is 18.2 Å². The number of piperidine rings is 1. The molecule has 1 unspecified atom stereocenters. The van der Waals surface area contributed by atoms with Crippen LogP contribution in [0.3, 0.4) is 0 Å². The molecule has 0 radical (unpaired) electrons. The molecule has 0 aliphatic carbocycles. The Morgan fingerprint density at radius 2 is 2.00 bits per heavy atom. The van der Waals surface area contributed by atoms with E-state index in [0.717, 1.165) is 18.7 Å². The van der Waals surface area contributed by atoms with Gasteiger partial charge in [-0.15, -0.1) is 0 Å². The zero-order valence-corrected chi connectivity index (χ0v) is 12.8. The smallest absolute Gasteiger partial charge is 0.169 e. The maximum Gasteiger partial charge on any atom is 0.169 e. The Labute approximate surface area is 131 Å². The molecule has 1 atom stereocenters. The third-order valence-electron chi connectivity index (χ3n) is 4.19. The zero-order chi connectivity index (χ0) is 15.2. The second-order valence-corrected chi connectivity index (χ2v) is 5.90. The first-order valence-electron chi connectivity index (χ1n) is 8.09. The van der Waals surface area contributed by atoms with Gasteiger partial charge in [-0.3, -0.25) is 0 Å². The van der Waals surface area contributed by atoms with Crippen molar-refractivity contribution in [3.8, 4) is 17.2 Å². The number of para-hydroxylation sites is 2. The Morgan fingerprint density at radius 1 is 1.09 bits per heavy atom. The topological polar surface area (TPSA) is 41.5 Å². The largest absolute Gasteiger partial charge is 0.504 e. The summed E-state index contributed by atoms with van der Waals surface area (Å²) in [7, 11) is 0. The number of hydrogen-bond donors (Lipinski definition) is 2. The van der Waals surface area contributed by atoms with E-state index < -0.39 is 0 Å². The van der Waals surface area contributed by atoms with Crippen molar-refractivity contribution in [2.45, 2.75) is 38.1 Å². The van der Waals surface area contributed by atoms with E-state index in [1.54, 1.807) is 18.2 Å². The number of benzene rings is 2. The second-order valence-electron chi connectivity index (χ2n) is 5.90. The van der Waals surface area contributed by atoms with Crippen molar-refractivity contribution in [1.29, 1.82) is 0 Å². The molecule has 1 fully saturated rings. The highest BCUT2D eigenvalue weighted by molar-refractivity contribution is 5.42. The van der Waals surface area contributed by atoms with E-state index in [4.69, 9.17) is 4.74 Å². The summed E-state index contributed by atoms with van der Waals surface area (Å²) < 4.78 is 5.78. The predicted octanol–water partition coefficient (Wildman–Crippen LogP) is 4.26. The number of phenols is 1. The van der Waals surface area contributed by atoms with Gasteiger partial charge in [-0.1, -0.05) is 30.7 Å². The van der Waals surface area contributed by atoms with E-state index in [2.05, 4.69) is 17.4 Å². The van der Waals surface area contributed by atoms with Crippen LogP contribution < -0.4 is 10.1 Å². The number of phenolic OH excluding ortho intramolecular Hbond substituents is 1. The zero-order valence-electron chi connectivity index (χ0n) is 12.8. The maximum atomic E-state index is 9.78. The molecule has 116 valence electrons. The summed E-state index contributed by atoms with van der Waals surface area (Å²) in [6.07, 6.45) is 6.15. The van der Waals surface area contributed by atoms with Crippen LogP contribution in [0.5, 0.6) is 17.2 Å². The minimum Gasteiger partial charge on any atom is -0.504 e. The molecule has 3 nitrogen and oxygen atoms in total. The molecule has 2 N–H and O–H groups in total. The van der Waals surface area contributed by atoms with Gasteiger partial charge in [0.2, 0.25) is 0 Å². The van der Waals surface area contributed by atoms with Gasteiger partial charge >= 0.3 is 0 Å². The lowest BCUT2D eigenvalue weighted by atomic mass is 9.98. The van der Waals surface area contributed by atoms with Crippen molar-refractivity contribution in [1.82, 2.24) is 5.32 Å². The second kappa shape index (κ2) is 7.32. The van der Waals surface area contributed by atoms with Crippen LogP contribution in [0.15, 0.2) is 48.5 Å². The van der Waals surface area contributed by atoms with Gasteiger partial charge in [0.1, 0.15) is 5.75 Å². The number of rotatable bonds is 5. The lowest BCUT2D eigenvalue weighted by Crippen LogP contribution is -2.34. The van der Waals surface area contributed by atoms with Crippen molar-refractivity contribution < 1.29 is 9.84 Å². The van der Waals surface area contributed by atoms with Crippen LogP contribution in [0, 0.1) is 0 Å². The molecule has 3 heteroatoms. The fraction of sp³-hybridized carbons (Fsp3) is 0.368. The third kappa shape index (κ3) is 4.01. The summed E-state index contributed by atoms with van der Waals surface area (Å²) in [6, 6.07) is 15.8. The molecule has 3 rings (SSSR count). The molecule has 0 saturated carbocycles. The molecule has 2 aromatic carbocycles. The number of nitrogens with one attached hydrogen (secondary N) is 1. The Kier molecular flexibility index (Phi) is 4.96. The van der Waals surface area contributed by atoms with Crippen molar-refractivity contribution in [2.24, 2.45) is 0 Å². The van der Waals surface area contributed by atoms with Gasteiger partial charge in [0.15, 0.2) is 11.5 Å². The SMILES string of the molecule is Oc1ccccc1Oc1cccc(CCC2CCCCN2)c1. The van der Waals surface area contributed by atoms with Crippen molar-refractivity contribution in [3.63, 3.8) is 0 Å². The van der Waals surface area contributed by atoms with Gasteiger partial charge in [-0.05, 0) is 62.1 Å². The fourth-order valence-electron chi connectivity index (χ4n) is 2.95. The third-order valence-corrected chi connectivity index (χ3v) is 4.19. The first-order valence-corrected chi connectivity index (χ1v) is 8.09. The lowest BCUT2D eigenvalue weighted by molar-refractivity contribution is 0.382. The van der Waals surface area contributed by atoms with Gasteiger partial charge in [-0.2, -0.15) is 0 Å². The maximum absolute atomic E-state index is 9.78. The van der Waals surface area contributed by atoms with Crippen LogP contribution in [0.2, 0.25) is 0 Å². The molecule has 22 heavy (non-hydrogen) atoms. The first kappa shape index (κ1) is 14.9. The minimum atomic E-state index is 0.166. The van der Waals surface area contributed by atoms with Crippen LogP contribution in [0.25, 0.3) is 0 Å². The van der Waals surface area contributed by atoms with Crippen molar-refractivity contribution >= 4 is 0 Å². The summed E-state index contributed by atoms with van der Waals surface area (Å²) in [4.78, 5) is 0. The van der Waals surface area contributed by atoms with E-state index >= 15 is 0 Å². The predicted molar refractivity (Wildman–Crippen MR) is 88.6 cm³/mol. The molecule has 0 amide bonds. The molecular weight excluding hydrogens is 274 g/mol. The van der Waals surface area contributed by atoms with Crippen LogP contribution in [-0.2, 0) is 6.42 Å². The van der Waals surface area contributed by atoms with Gasteiger partial charge in [0, 0.05) is 6.04 Å². The first-order chi connectivity index (χ1) is 10.8. The summed E-state index contributed by atoms with van der Waals surface area (Å²) in [5.41, 5.74) is 1.28. The van der Waals surface area contributed by atoms with E-state index in [0.29, 0.717) is 11.8 Å². The molecule has 0 bridgehead atoms. The van der Waals surface area contributed by atoms with E-state index in [-0.39, 0.29) is 5.75 Å². The highest BCUT2D eigenvalue weighted by Crippen LogP contribution is 2.30. The van der Waals surface area contributed by atoms with Gasteiger partial charge < -0.3 is 15.2 Å². The van der Waals surface area contributed by atoms with E-state index in [1.165, 1.54) is 31.2 Å². The average Bonchev–Trinajstić information content (AvgIpc) is 2.57. The summed E-state index contributed by atoms with van der Waals surface area (Å²) in [6.45, 7) is 1.15. The highest BCUT2D eigenvalue weighted by Gasteiger charge is 2.12. The van der Waals surface area contributed by atoms with Crippen LogP contribution in [-0.4, -0.2) is 17.7 Å². The quantitative estimate of drug-likeness (QED) is 0.866. The molecular formula is C19H23NO2. The normalized spacial score (nSPS) is 18.1. The number of aryl methyl sites for hydroxylation is 1. The lowest BCUT2D eigenvalue weighted by Gasteiger charge is -2.23. The minimum absolute atomic E-state index is 0.166. The van der Waals surface area contributed by atoms with Crippen molar-refractivity contribution in [2.75, 3.05) is 6.54 Å². The Balaban J connectivity index is 1.61.